The molecule has 0 aromatic heterocycles. The van der Waals surface area contributed by atoms with Crippen LogP contribution in [0.2, 0.25) is 0 Å². The molecule has 0 heterocycles. The van der Waals surface area contributed by atoms with Gasteiger partial charge in [-0.25, -0.2) is 0 Å². The average Bonchev–Trinajstić information content (AvgIpc) is 3.23. The van der Waals surface area contributed by atoms with Crippen LogP contribution in [0.4, 0.5) is 0 Å². The van der Waals surface area contributed by atoms with Crippen LogP contribution in [-0.2, 0) is 20.9 Å². The summed E-state index contributed by atoms with van der Waals surface area (Å²) in [5.41, 5.74) is 5.37. The molecule has 7 nitrogen and oxygen atoms in total. The van der Waals surface area contributed by atoms with Crippen molar-refractivity contribution in [3.63, 3.8) is 0 Å². The van der Waals surface area contributed by atoms with Crippen molar-refractivity contribution in [2.45, 2.75) is 24.9 Å². The first-order valence-electron chi connectivity index (χ1n) is 7.90. The summed E-state index contributed by atoms with van der Waals surface area (Å²) in [4.78, 5) is 34.9. The molecule has 128 valence electrons. The van der Waals surface area contributed by atoms with Crippen LogP contribution in [0.1, 0.15) is 18.4 Å². The summed E-state index contributed by atoms with van der Waals surface area (Å²) in [7, 11) is 0. The van der Waals surface area contributed by atoms with E-state index >= 15 is 0 Å². The summed E-state index contributed by atoms with van der Waals surface area (Å²) >= 11 is 0. The molecule has 2 saturated carbocycles. The molecule has 7 heteroatoms. The van der Waals surface area contributed by atoms with Crippen molar-refractivity contribution in [3.8, 4) is 0 Å². The van der Waals surface area contributed by atoms with Crippen molar-refractivity contribution in [2.75, 3.05) is 0 Å². The van der Waals surface area contributed by atoms with Crippen LogP contribution in [0.5, 0.6) is 0 Å². The highest BCUT2D eigenvalue weighted by Crippen LogP contribution is 2.65. The van der Waals surface area contributed by atoms with Gasteiger partial charge >= 0.3 is 11.9 Å². The summed E-state index contributed by atoms with van der Waals surface area (Å²) < 4.78 is 0. The maximum atomic E-state index is 12.1. The van der Waals surface area contributed by atoms with Gasteiger partial charge in [0.25, 0.3) is 0 Å². The molecule has 0 spiro atoms. The maximum absolute atomic E-state index is 12.1. The van der Waals surface area contributed by atoms with Gasteiger partial charge in [0.1, 0.15) is 5.54 Å². The Hall–Kier alpha value is -2.41. The molecule has 1 amide bonds. The van der Waals surface area contributed by atoms with Crippen LogP contribution in [0.15, 0.2) is 30.3 Å². The first-order valence-corrected chi connectivity index (χ1v) is 7.90. The molecule has 5 atom stereocenters. The van der Waals surface area contributed by atoms with Crippen molar-refractivity contribution in [1.29, 1.82) is 0 Å². The van der Waals surface area contributed by atoms with E-state index in [2.05, 4.69) is 5.32 Å². The predicted molar refractivity (Wildman–Crippen MR) is 83.7 cm³/mol. The van der Waals surface area contributed by atoms with E-state index < -0.39 is 29.3 Å². The number of carboxylic acid groups (broad SMARTS) is 2. The topological polar surface area (TPSA) is 130 Å². The Morgan fingerprint density at radius 1 is 1.21 bits per heavy atom. The number of aliphatic carboxylic acids is 2. The molecular formula is C17H20N2O5. The minimum absolute atomic E-state index is 0.101. The van der Waals surface area contributed by atoms with Gasteiger partial charge in [0, 0.05) is 18.9 Å². The number of hydrogen-bond acceptors (Lipinski definition) is 4. The molecule has 3 rings (SSSR count). The van der Waals surface area contributed by atoms with Crippen molar-refractivity contribution < 1.29 is 24.6 Å². The molecule has 0 bridgehead atoms. The van der Waals surface area contributed by atoms with Gasteiger partial charge in [0.2, 0.25) is 5.91 Å². The van der Waals surface area contributed by atoms with Gasteiger partial charge in [-0.05, 0) is 23.8 Å². The number of hydrogen-bond donors (Lipinski definition) is 4. The van der Waals surface area contributed by atoms with Crippen LogP contribution in [0.3, 0.4) is 0 Å². The second-order valence-electron chi connectivity index (χ2n) is 6.74. The predicted octanol–water partition coefficient (Wildman–Crippen LogP) is 0.442. The number of carbonyl (C=O) groups excluding carboxylic acids is 1. The quantitative estimate of drug-likeness (QED) is 0.598. The largest absolute Gasteiger partial charge is 0.481 e. The highest BCUT2D eigenvalue weighted by atomic mass is 16.4. The van der Waals surface area contributed by atoms with Crippen LogP contribution in [0.25, 0.3) is 0 Å². The Morgan fingerprint density at radius 3 is 2.46 bits per heavy atom. The lowest BCUT2D eigenvalue weighted by Crippen LogP contribution is -2.50. The van der Waals surface area contributed by atoms with Gasteiger partial charge in [-0.1, -0.05) is 30.3 Å². The zero-order chi connectivity index (χ0) is 17.5. The third kappa shape index (κ3) is 2.75. The molecule has 0 aliphatic heterocycles. The fraction of sp³-hybridized carbons (Fsp3) is 0.471. The zero-order valence-corrected chi connectivity index (χ0v) is 13.0. The molecule has 2 aliphatic rings. The van der Waals surface area contributed by atoms with E-state index in [4.69, 9.17) is 5.73 Å². The Balaban J connectivity index is 1.62. The molecular weight excluding hydrogens is 312 g/mol. The Labute approximate surface area is 138 Å². The van der Waals surface area contributed by atoms with Crippen LogP contribution in [-0.4, -0.2) is 33.6 Å². The maximum Gasteiger partial charge on any atom is 0.324 e. The van der Waals surface area contributed by atoms with Crippen LogP contribution < -0.4 is 11.1 Å². The summed E-state index contributed by atoms with van der Waals surface area (Å²) in [5, 5.41) is 21.4. The van der Waals surface area contributed by atoms with Crippen LogP contribution in [0, 0.1) is 23.7 Å². The van der Waals surface area contributed by atoms with Gasteiger partial charge in [0.05, 0.1) is 5.92 Å². The average molecular weight is 332 g/mol. The minimum Gasteiger partial charge on any atom is -0.481 e. The molecule has 24 heavy (non-hydrogen) atoms. The minimum atomic E-state index is -1.54. The lowest BCUT2D eigenvalue weighted by Gasteiger charge is -2.24. The van der Waals surface area contributed by atoms with Crippen molar-refractivity contribution in [2.24, 2.45) is 29.4 Å². The van der Waals surface area contributed by atoms with Crippen molar-refractivity contribution in [1.82, 2.24) is 5.32 Å². The summed E-state index contributed by atoms with van der Waals surface area (Å²) in [5.74, 6) is -4.41. The molecule has 1 aromatic rings. The summed E-state index contributed by atoms with van der Waals surface area (Å²) in [6.45, 7) is 0.384. The van der Waals surface area contributed by atoms with E-state index in [0.29, 0.717) is 6.54 Å². The molecule has 2 aliphatic carbocycles. The van der Waals surface area contributed by atoms with E-state index in [1.165, 1.54) is 0 Å². The SMILES string of the molecule is N[C@]1(C(=O)O)C[C@@H](CC(=O)NCc2ccccc2)[C@@H]2[C@@H](C(=O)O)[C@H]21. The number of fused-ring (bicyclic) bond motifs is 1. The monoisotopic (exact) mass is 332 g/mol. The van der Waals surface area contributed by atoms with Gasteiger partial charge in [-0.3, -0.25) is 14.4 Å². The normalized spacial score (nSPS) is 33.5. The Morgan fingerprint density at radius 2 is 1.88 bits per heavy atom. The number of rotatable bonds is 6. The van der Waals surface area contributed by atoms with Gasteiger partial charge in [-0.15, -0.1) is 0 Å². The highest BCUT2D eigenvalue weighted by molar-refractivity contribution is 5.86. The highest BCUT2D eigenvalue weighted by Gasteiger charge is 2.73. The number of carboxylic acids is 2. The molecule has 0 unspecified atom stereocenters. The van der Waals surface area contributed by atoms with E-state index in [1.807, 2.05) is 30.3 Å². The van der Waals surface area contributed by atoms with Gasteiger partial charge in [0.15, 0.2) is 0 Å². The lowest BCUT2D eigenvalue weighted by molar-refractivity contribution is -0.146. The second kappa shape index (κ2) is 5.90. The zero-order valence-electron chi connectivity index (χ0n) is 13.0. The number of carbonyl (C=O) groups is 3. The summed E-state index contributed by atoms with van der Waals surface area (Å²) in [6, 6.07) is 9.42. The first-order chi connectivity index (χ1) is 11.3. The first kappa shape index (κ1) is 16.4. The van der Waals surface area contributed by atoms with E-state index in [1.54, 1.807) is 0 Å². The smallest absolute Gasteiger partial charge is 0.324 e. The third-order valence-electron chi connectivity index (χ3n) is 5.28. The standard InChI is InChI=1S/C17H20N2O5/c18-17(16(23)24)7-10(12-13(14(12)17)15(21)22)6-11(20)19-8-9-4-2-1-3-5-9/h1-5,10,12-14H,6-8,18H2,(H,19,20)(H,21,22)(H,23,24)/t10-,12-,13-,14+,17-/m1/s1. The van der Waals surface area contributed by atoms with Crippen LogP contribution >= 0.6 is 0 Å². The number of amides is 1. The number of benzene rings is 1. The molecule has 0 saturated heterocycles. The molecule has 2 fully saturated rings. The fourth-order valence-electron chi connectivity index (χ4n) is 4.15. The van der Waals surface area contributed by atoms with Crippen molar-refractivity contribution in [3.05, 3.63) is 35.9 Å². The molecule has 1 aromatic carbocycles. The van der Waals surface area contributed by atoms with E-state index in [9.17, 15) is 24.6 Å². The summed E-state index contributed by atoms with van der Waals surface area (Å²) in [6.07, 6.45) is 0.240. The van der Waals surface area contributed by atoms with E-state index in [0.717, 1.165) is 5.56 Å². The third-order valence-corrected chi connectivity index (χ3v) is 5.28. The number of nitrogens with two attached hydrogens (primary N) is 1. The lowest BCUT2D eigenvalue weighted by atomic mass is 9.86. The van der Waals surface area contributed by atoms with E-state index in [-0.39, 0.29) is 30.6 Å². The fourth-order valence-corrected chi connectivity index (χ4v) is 4.15. The Kier molecular flexibility index (Phi) is 4.04. The molecule has 0 radical (unpaired) electrons. The van der Waals surface area contributed by atoms with Gasteiger partial charge in [-0.2, -0.15) is 0 Å². The second-order valence-corrected chi connectivity index (χ2v) is 6.74. The number of nitrogens with one attached hydrogen (secondary N) is 1. The Bertz CT molecular complexity index is 677. The van der Waals surface area contributed by atoms with Crippen molar-refractivity contribution >= 4 is 17.8 Å². The molecule has 5 N–H and O–H groups in total. The van der Waals surface area contributed by atoms with Gasteiger partial charge < -0.3 is 21.3 Å².